The zero-order chi connectivity index (χ0) is 21.5. The largest absolute Gasteiger partial charge is 0.473 e. The summed E-state index contributed by atoms with van der Waals surface area (Å²) in [4.78, 5) is 15.8. The van der Waals surface area contributed by atoms with Gasteiger partial charge in [0.1, 0.15) is 19.5 Å². The van der Waals surface area contributed by atoms with E-state index in [1.54, 1.807) is 0 Å². The zero-order valence-corrected chi connectivity index (χ0v) is 17.3. The molecular formula is C27H23NO3. The minimum absolute atomic E-state index is 0.397. The lowest BCUT2D eigenvalue weighted by Gasteiger charge is -2.14. The van der Waals surface area contributed by atoms with Gasteiger partial charge in [0.15, 0.2) is 0 Å². The number of carbonyl (C=O) groups is 1. The Morgan fingerprint density at radius 3 is 2.03 bits per heavy atom. The Balaban J connectivity index is 1.62. The van der Waals surface area contributed by atoms with Crippen LogP contribution in [-0.4, -0.2) is 11.3 Å². The van der Waals surface area contributed by atoms with E-state index >= 15 is 0 Å². The predicted octanol–water partition coefficient (Wildman–Crippen LogP) is 6.03. The summed E-state index contributed by atoms with van der Waals surface area (Å²) in [5, 5.41) is 0. The highest BCUT2D eigenvalue weighted by atomic mass is 16.5. The molecule has 0 radical (unpaired) electrons. The minimum Gasteiger partial charge on any atom is -0.473 e. The SMILES string of the molecule is Cc1cc(-c2ccc(OCc3ccccc3)nc2OCc2ccccc2)ccc1C=O. The van der Waals surface area contributed by atoms with Crippen LogP contribution in [0.25, 0.3) is 11.1 Å². The van der Waals surface area contributed by atoms with Crippen LogP contribution in [0.1, 0.15) is 27.0 Å². The molecule has 154 valence electrons. The molecule has 0 atom stereocenters. The van der Waals surface area contributed by atoms with Gasteiger partial charge in [0.2, 0.25) is 11.8 Å². The topological polar surface area (TPSA) is 48.4 Å². The number of rotatable bonds is 8. The van der Waals surface area contributed by atoms with E-state index in [-0.39, 0.29) is 0 Å². The van der Waals surface area contributed by atoms with Crippen molar-refractivity contribution in [2.45, 2.75) is 20.1 Å². The predicted molar refractivity (Wildman–Crippen MR) is 121 cm³/mol. The number of aryl methyl sites for hydroxylation is 1. The van der Waals surface area contributed by atoms with E-state index in [2.05, 4.69) is 4.98 Å². The first kappa shape index (κ1) is 20.4. The Kier molecular flexibility index (Phi) is 6.38. The number of nitrogens with zero attached hydrogens (tertiary/aromatic N) is 1. The summed E-state index contributed by atoms with van der Waals surface area (Å²) in [6.07, 6.45) is 0.866. The van der Waals surface area contributed by atoms with Gasteiger partial charge in [-0.2, -0.15) is 4.98 Å². The molecule has 1 heterocycles. The molecule has 4 heteroatoms. The van der Waals surface area contributed by atoms with Crippen molar-refractivity contribution in [3.63, 3.8) is 0 Å². The molecule has 4 rings (SSSR count). The molecule has 0 amide bonds. The van der Waals surface area contributed by atoms with Crippen LogP contribution in [0.5, 0.6) is 11.8 Å². The molecule has 1 aromatic heterocycles. The third kappa shape index (κ3) is 5.17. The number of pyridine rings is 1. The Morgan fingerprint density at radius 2 is 1.42 bits per heavy atom. The Hall–Kier alpha value is -3.92. The summed E-state index contributed by atoms with van der Waals surface area (Å²) < 4.78 is 12.0. The first-order chi connectivity index (χ1) is 15.2. The number of aldehydes is 1. The van der Waals surface area contributed by atoms with Gasteiger partial charge in [-0.15, -0.1) is 0 Å². The molecule has 3 aromatic carbocycles. The Morgan fingerprint density at radius 1 is 0.774 bits per heavy atom. The first-order valence-electron chi connectivity index (χ1n) is 10.1. The van der Waals surface area contributed by atoms with Gasteiger partial charge in [-0.3, -0.25) is 4.79 Å². The smallest absolute Gasteiger partial charge is 0.225 e. The van der Waals surface area contributed by atoms with Crippen LogP contribution < -0.4 is 9.47 Å². The summed E-state index contributed by atoms with van der Waals surface area (Å²) in [6.45, 7) is 2.75. The van der Waals surface area contributed by atoms with Crippen molar-refractivity contribution in [1.82, 2.24) is 4.98 Å². The van der Waals surface area contributed by atoms with Crippen molar-refractivity contribution in [3.8, 4) is 22.9 Å². The lowest BCUT2D eigenvalue weighted by molar-refractivity contribution is 0.112. The summed E-state index contributed by atoms with van der Waals surface area (Å²) in [5.74, 6) is 0.990. The maximum absolute atomic E-state index is 11.2. The van der Waals surface area contributed by atoms with Crippen LogP contribution in [-0.2, 0) is 13.2 Å². The summed E-state index contributed by atoms with van der Waals surface area (Å²) >= 11 is 0. The Bertz CT molecular complexity index is 1160. The highest BCUT2D eigenvalue weighted by Gasteiger charge is 2.12. The second-order valence-electron chi connectivity index (χ2n) is 7.24. The van der Waals surface area contributed by atoms with Crippen LogP contribution in [0.4, 0.5) is 0 Å². The molecule has 4 nitrogen and oxygen atoms in total. The van der Waals surface area contributed by atoms with Crippen molar-refractivity contribution < 1.29 is 14.3 Å². The van der Waals surface area contributed by atoms with Gasteiger partial charge in [-0.05, 0) is 35.2 Å². The van der Waals surface area contributed by atoms with Gasteiger partial charge in [0, 0.05) is 17.2 Å². The molecule has 0 N–H and O–H groups in total. The molecular weight excluding hydrogens is 386 g/mol. The molecule has 0 aliphatic carbocycles. The highest BCUT2D eigenvalue weighted by Crippen LogP contribution is 2.32. The number of hydrogen-bond donors (Lipinski definition) is 0. The fourth-order valence-corrected chi connectivity index (χ4v) is 3.27. The fraction of sp³-hybridized carbons (Fsp3) is 0.111. The van der Waals surface area contributed by atoms with Crippen LogP contribution in [0.15, 0.2) is 91.0 Å². The standard InChI is InChI=1S/C27H23NO3/c1-20-16-23(12-13-24(20)17-29)25-14-15-26(30-18-21-8-4-2-5-9-21)28-27(25)31-19-22-10-6-3-7-11-22/h2-17H,18-19H2,1H3. The fourth-order valence-electron chi connectivity index (χ4n) is 3.27. The molecule has 4 aromatic rings. The summed E-state index contributed by atoms with van der Waals surface area (Å²) in [5.41, 5.74) is 5.49. The van der Waals surface area contributed by atoms with Crippen molar-refractivity contribution >= 4 is 6.29 Å². The number of carbonyl (C=O) groups excluding carboxylic acids is 1. The van der Waals surface area contributed by atoms with E-state index in [1.165, 1.54) is 0 Å². The average molecular weight is 409 g/mol. The lowest BCUT2D eigenvalue weighted by atomic mass is 10.0. The normalized spacial score (nSPS) is 10.5. The van der Waals surface area contributed by atoms with Gasteiger partial charge < -0.3 is 9.47 Å². The van der Waals surface area contributed by atoms with Gasteiger partial charge in [0.05, 0.1) is 0 Å². The summed E-state index contributed by atoms with van der Waals surface area (Å²) in [6, 6.07) is 29.4. The van der Waals surface area contributed by atoms with Gasteiger partial charge in [0.25, 0.3) is 0 Å². The van der Waals surface area contributed by atoms with Crippen molar-refractivity contribution in [2.75, 3.05) is 0 Å². The van der Waals surface area contributed by atoms with E-state index in [4.69, 9.17) is 9.47 Å². The molecule has 0 fully saturated rings. The number of aromatic nitrogens is 1. The van der Waals surface area contributed by atoms with E-state index in [1.807, 2.05) is 97.9 Å². The first-order valence-corrected chi connectivity index (χ1v) is 10.1. The van der Waals surface area contributed by atoms with Crippen LogP contribution in [0.2, 0.25) is 0 Å². The zero-order valence-electron chi connectivity index (χ0n) is 17.3. The molecule has 0 aliphatic heterocycles. The maximum Gasteiger partial charge on any atom is 0.225 e. The summed E-state index contributed by atoms with van der Waals surface area (Å²) in [7, 11) is 0. The maximum atomic E-state index is 11.2. The van der Waals surface area contributed by atoms with Crippen molar-refractivity contribution in [2.24, 2.45) is 0 Å². The van der Waals surface area contributed by atoms with Gasteiger partial charge in [-0.25, -0.2) is 0 Å². The molecule has 0 bridgehead atoms. The number of ether oxygens (including phenoxy) is 2. The van der Waals surface area contributed by atoms with E-state index in [0.717, 1.165) is 34.1 Å². The molecule has 0 aliphatic rings. The molecule has 0 spiro atoms. The quantitative estimate of drug-likeness (QED) is 0.334. The third-order valence-electron chi connectivity index (χ3n) is 4.99. The van der Waals surface area contributed by atoms with E-state index < -0.39 is 0 Å². The lowest BCUT2D eigenvalue weighted by Crippen LogP contribution is -2.02. The monoisotopic (exact) mass is 409 g/mol. The second kappa shape index (κ2) is 9.72. The second-order valence-corrected chi connectivity index (χ2v) is 7.24. The average Bonchev–Trinajstić information content (AvgIpc) is 2.83. The molecule has 0 saturated carbocycles. The van der Waals surface area contributed by atoms with Crippen molar-refractivity contribution in [1.29, 1.82) is 0 Å². The van der Waals surface area contributed by atoms with E-state index in [0.29, 0.717) is 30.5 Å². The number of hydrogen-bond acceptors (Lipinski definition) is 4. The van der Waals surface area contributed by atoms with Crippen molar-refractivity contribution in [3.05, 3.63) is 113 Å². The van der Waals surface area contributed by atoms with Gasteiger partial charge in [-0.1, -0.05) is 78.9 Å². The molecule has 0 saturated heterocycles. The van der Waals surface area contributed by atoms with Crippen LogP contribution >= 0.6 is 0 Å². The highest BCUT2D eigenvalue weighted by molar-refractivity contribution is 5.80. The Labute approximate surface area is 182 Å². The molecule has 0 unspecified atom stereocenters. The van der Waals surface area contributed by atoms with Crippen LogP contribution in [0, 0.1) is 6.92 Å². The number of benzene rings is 3. The van der Waals surface area contributed by atoms with Crippen LogP contribution in [0.3, 0.4) is 0 Å². The molecule has 31 heavy (non-hydrogen) atoms. The van der Waals surface area contributed by atoms with Gasteiger partial charge >= 0.3 is 0 Å². The van der Waals surface area contributed by atoms with E-state index in [9.17, 15) is 4.79 Å². The third-order valence-corrected chi connectivity index (χ3v) is 4.99. The minimum atomic E-state index is 0.397.